The first-order valence-corrected chi connectivity index (χ1v) is 13.9. The molecular formula is C25H26N2O9S2+2. The molecule has 0 radical (unpaired) electrons. The van der Waals surface area contributed by atoms with Crippen molar-refractivity contribution in [1.82, 2.24) is 0 Å². The van der Waals surface area contributed by atoms with Gasteiger partial charge in [0.1, 0.15) is 19.8 Å². The maximum Gasteiger partial charge on any atom is 0.338 e. The third kappa shape index (κ3) is 6.89. The van der Waals surface area contributed by atoms with E-state index in [1.54, 1.807) is 33.4 Å². The van der Waals surface area contributed by atoms with Crippen molar-refractivity contribution in [1.29, 1.82) is 0 Å². The number of phenols is 1. The molecule has 0 aliphatic rings. The number of hydrogen-bond donors (Lipinski definition) is 3. The van der Waals surface area contributed by atoms with E-state index >= 15 is 0 Å². The Morgan fingerprint density at radius 3 is 1.58 bits per heavy atom. The molecule has 0 atom stereocenters. The summed E-state index contributed by atoms with van der Waals surface area (Å²) >= 11 is 0. The molecule has 3 rings (SSSR count). The Hall–Kier alpha value is -3.91. The lowest BCUT2D eigenvalue weighted by atomic mass is 10.0. The van der Waals surface area contributed by atoms with Crippen molar-refractivity contribution >= 4 is 50.5 Å². The van der Waals surface area contributed by atoms with E-state index in [2.05, 4.69) is 0 Å². The minimum atomic E-state index is -4.56. The van der Waals surface area contributed by atoms with Crippen LogP contribution in [0.4, 0.5) is 0 Å². The number of esters is 1. The Balaban J connectivity index is 2.16. The zero-order valence-corrected chi connectivity index (χ0v) is 22.3. The smallest absolute Gasteiger partial charge is 0.338 e. The summed E-state index contributed by atoms with van der Waals surface area (Å²) in [4.78, 5) is 11.7. The monoisotopic (exact) mass is 562 g/mol. The topological polar surface area (TPSA) is 163 Å². The Bertz CT molecular complexity index is 1560. The van der Waals surface area contributed by atoms with Gasteiger partial charge in [0.25, 0.3) is 0 Å². The molecule has 0 aliphatic heterocycles. The summed E-state index contributed by atoms with van der Waals surface area (Å²) in [6.07, 6.45) is 10.9. The molecule has 13 heteroatoms. The first-order valence-electron chi connectivity index (χ1n) is 11.0. The van der Waals surface area contributed by atoms with E-state index < -0.39 is 26.2 Å². The predicted molar refractivity (Wildman–Crippen MR) is 137 cm³/mol. The van der Waals surface area contributed by atoms with Crippen molar-refractivity contribution in [3.8, 4) is 5.75 Å². The average Bonchev–Trinajstić information content (AvgIpc) is 2.82. The highest BCUT2D eigenvalue weighted by Crippen LogP contribution is 2.30. The van der Waals surface area contributed by atoms with Crippen LogP contribution in [0.5, 0.6) is 5.75 Å². The second-order valence-corrected chi connectivity index (χ2v) is 11.0. The molecule has 0 saturated carbocycles. The molecule has 2 heterocycles. The molecule has 2 aromatic heterocycles. The van der Waals surface area contributed by atoms with Crippen LogP contribution in [0.25, 0.3) is 24.3 Å². The molecule has 200 valence electrons. The van der Waals surface area contributed by atoms with E-state index in [0.29, 0.717) is 0 Å². The van der Waals surface area contributed by atoms with Crippen LogP contribution in [0.1, 0.15) is 39.5 Å². The Kier molecular flexibility index (Phi) is 8.47. The fourth-order valence-electron chi connectivity index (χ4n) is 3.50. The number of ether oxygens (including phenoxy) is 1. The van der Waals surface area contributed by atoms with E-state index in [-0.39, 0.29) is 50.0 Å². The van der Waals surface area contributed by atoms with Crippen LogP contribution in [0, 0.1) is 0 Å². The Labute approximate surface area is 220 Å². The van der Waals surface area contributed by atoms with Crippen molar-refractivity contribution in [3.05, 3.63) is 76.9 Å². The molecule has 11 nitrogen and oxygen atoms in total. The first kappa shape index (κ1) is 28.7. The summed E-state index contributed by atoms with van der Waals surface area (Å²) in [5.74, 6) is -0.997. The molecule has 0 aliphatic carbocycles. The number of aromatic hydroxyl groups is 1. The predicted octanol–water partition coefficient (Wildman–Crippen LogP) is 2.05. The van der Waals surface area contributed by atoms with Gasteiger partial charge in [0.05, 0.1) is 12.2 Å². The van der Waals surface area contributed by atoms with E-state index in [4.69, 9.17) is 4.74 Å². The lowest BCUT2D eigenvalue weighted by molar-refractivity contribution is -0.673. The molecule has 0 amide bonds. The third-order valence-electron chi connectivity index (χ3n) is 5.31. The van der Waals surface area contributed by atoms with Gasteiger partial charge in [-0.25, -0.2) is 13.9 Å². The maximum atomic E-state index is 12.5. The summed E-state index contributed by atoms with van der Waals surface area (Å²) in [6, 6.07) is 5.56. The largest absolute Gasteiger partial charge is 0.507 e. The zero-order chi connectivity index (χ0) is 28.3. The number of carbonyl (C=O) groups excluding carboxylic acids is 1. The van der Waals surface area contributed by atoms with E-state index in [9.17, 15) is 35.8 Å². The molecule has 3 N–H and O–H groups in total. The molecule has 0 bridgehead atoms. The Morgan fingerprint density at radius 2 is 1.21 bits per heavy atom. The number of aromatic nitrogens is 2. The average molecular weight is 563 g/mol. The number of phenolic OH excluding ortho intramolecular Hbond substituents is 1. The highest BCUT2D eigenvalue weighted by atomic mass is 32.2. The molecule has 0 spiro atoms. The molecule has 38 heavy (non-hydrogen) atoms. The van der Waals surface area contributed by atoms with Crippen LogP contribution in [-0.2, 0) is 39.1 Å². The standard InChI is InChI=1S/C25H24N2O9S2/c1-4-36-25(29)21-13-19(7-5-17-9-11-26(2)15-22(17)37(30,31)32)24(28)20(14-21)8-6-18-10-12-27(3)16-23(18)38(33,34)35/h5-16H,4H2,1-3H3,(H-,30,31,32,33,34,35)/p+2. The zero-order valence-electron chi connectivity index (χ0n) is 20.6. The van der Waals surface area contributed by atoms with Gasteiger partial charge < -0.3 is 9.84 Å². The van der Waals surface area contributed by atoms with E-state index in [1.165, 1.54) is 70.1 Å². The molecule has 3 aromatic rings. The summed E-state index contributed by atoms with van der Waals surface area (Å²) in [7, 11) is -5.96. The van der Waals surface area contributed by atoms with Crippen LogP contribution in [0.15, 0.2) is 58.8 Å². The highest BCUT2D eigenvalue weighted by Gasteiger charge is 2.20. The summed E-state index contributed by atoms with van der Waals surface area (Å²) in [6.45, 7) is 1.71. The van der Waals surface area contributed by atoms with Crippen LogP contribution < -0.4 is 9.13 Å². The number of benzene rings is 1. The minimum Gasteiger partial charge on any atom is -0.507 e. The van der Waals surface area contributed by atoms with Gasteiger partial charge in [-0.1, -0.05) is 24.3 Å². The second kappa shape index (κ2) is 11.2. The van der Waals surface area contributed by atoms with Crippen LogP contribution >= 0.6 is 0 Å². The maximum absolute atomic E-state index is 12.5. The van der Waals surface area contributed by atoms with Gasteiger partial charge in [0.2, 0.25) is 0 Å². The minimum absolute atomic E-state index is 0.0629. The normalized spacial score (nSPS) is 12.3. The van der Waals surface area contributed by atoms with Crippen LogP contribution in [0.3, 0.4) is 0 Å². The third-order valence-corrected chi connectivity index (χ3v) is 7.10. The molecule has 0 fully saturated rings. The summed E-state index contributed by atoms with van der Waals surface area (Å²) in [5.41, 5.74) is 0.531. The summed E-state index contributed by atoms with van der Waals surface area (Å²) in [5, 5.41) is 10.9. The van der Waals surface area contributed by atoms with Gasteiger partial charge in [-0.2, -0.15) is 16.8 Å². The van der Waals surface area contributed by atoms with Crippen molar-refractivity contribution in [2.24, 2.45) is 14.1 Å². The number of nitrogens with zero attached hydrogens (tertiary/aromatic N) is 2. The first-order chi connectivity index (χ1) is 17.7. The van der Waals surface area contributed by atoms with Crippen LogP contribution in [0.2, 0.25) is 0 Å². The molecule has 0 saturated heterocycles. The van der Waals surface area contributed by atoms with Gasteiger partial charge in [-0.05, 0) is 19.1 Å². The Morgan fingerprint density at radius 1 is 0.816 bits per heavy atom. The van der Waals surface area contributed by atoms with E-state index in [0.717, 1.165) is 0 Å². The van der Waals surface area contributed by atoms with Crippen molar-refractivity contribution in [2.75, 3.05) is 6.61 Å². The lowest BCUT2D eigenvalue weighted by Gasteiger charge is -2.09. The quantitative estimate of drug-likeness (QED) is 0.212. The highest BCUT2D eigenvalue weighted by molar-refractivity contribution is 7.86. The fourth-order valence-corrected chi connectivity index (χ4v) is 4.96. The van der Waals surface area contributed by atoms with Crippen molar-refractivity contribution in [2.45, 2.75) is 16.7 Å². The van der Waals surface area contributed by atoms with Gasteiger partial charge in [0.15, 0.2) is 34.6 Å². The van der Waals surface area contributed by atoms with Crippen molar-refractivity contribution in [3.63, 3.8) is 0 Å². The number of aryl methyl sites for hydroxylation is 2. The van der Waals surface area contributed by atoms with Crippen molar-refractivity contribution < 1.29 is 49.7 Å². The lowest BCUT2D eigenvalue weighted by Crippen LogP contribution is -2.28. The van der Waals surface area contributed by atoms with Gasteiger partial charge in [-0.15, -0.1) is 0 Å². The molecule has 0 unspecified atom stereocenters. The van der Waals surface area contributed by atoms with E-state index in [1.807, 2.05) is 0 Å². The summed E-state index contributed by atoms with van der Waals surface area (Å²) < 4.78 is 74.4. The van der Waals surface area contributed by atoms with Crippen LogP contribution in [-0.4, -0.2) is 43.6 Å². The SMILES string of the molecule is CCOC(=O)c1cc(/C=C/c2cc[n+](C)cc2S(=O)(=O)O)c(O)c(/C=C/c2cc[n+](C)cc2S(=O)(=O)O)c1. The number of rotatable bonds is 8. The number of hydrogen-bond acceptors (Lipinski definition) is 7. The van der Waals surface area contributed by atoms with Gasteiger partial charge in [0, 0.05) is 34.4 Å². The van der Waals surface area contributed by atoms with Gasteiger partial charge in [-0.3, -0.25) is 9.11 Å². The second-order valence-electron chi connectivity index (χ2n) is 8.20. The number of pyridine rings is 2. The molecular weight excluding hydrogens is 536 g/mol. The molecule has 1 aromatic carbocycles. The van der Waals surface area contributed by atoms with Gasteiger partial charge >= 0.3 is 26.2 Å². The fraction of sp³-hybridized carbons (Fsp3) is 0.160. The number of carbonyl (C=O) groups is 1.